The van der Waals surface area contributed by atoms with Crippen LogP contribution in [0.4, 0.5) is 0 Å². The molecule has 0 aromatic heterocycles. The first-order chi connectivity index (χ1) is 12.6. The van der Waals surface area contributed by atoms with Gasteiger partial charge in [-0.3, -0.25) is 4.79 Å². The molecule has 136 valence electrons. The molecule has 0 atom stereocenters. The van der Waals surface area contributed by atoms with Crippen molar-refractivity contribution in [3.8, 4) is 0 Å². The zero-order valence-electron chi connectivity index (χ0n) is 15.2. The number of carbonyl (C=O) groups excluding carboxylic acids is 1. The van der Waals surface area contributed by atoms with Gasteiger partial charge in [-0.25, -0.2) is 4.99 Å². The van der Waals surface area contributed by atoms with Gasteiger partial charge < -0.3 is 16.4 Å². The van der Waals surface area contributed by atoms with Crippen LogP contribution in [-0.2, 0) is 12.0 Å². The van der Waals surface area contributed by atoms with Crippen LogP contribution < -0.4 is 16.4 Å². The number of aliphatic imine (C=N–C) groups is 1. The van der Waals surface area contributed by atoms with Gasteiger partial charge in [-0.15, -0.1) is 0 Å². The minimum absolute atomic E-state index is 0.226. The fourth-order valence-electron chi connectivity index (χ4n) is 3.10. The standard InChI is InChI=1S/C21H26N4O/c1-2-23-20(24-14-16-7-6-8-17(13-16)19(22)26)25-15-21(11-12-21)18-9-4-3-5-10-18/h3-10,13H,2,11-12,14-15H2,1H3,(H2,22,26)(H2,23,24,25). The molecule has 2 aromatic carbocycles. The van der Waals surface area contributed by atoms with Crippen LogP contribution in [0.25, 0.3) is 0 Å². The maximum Gasteiger partial charge on any atom is 0.248 e. The molecule has 1 aliphatic carbocycles. The molecule has 0 radical (unpaired) electrons. The van der Waals surface area contributed by atoms with Crippen LogP contribution in [0.1, 0.15) is 41.3 Å². The largest absolute Gasteiger partial charge is 0.366 e. The molecule has 0 heterocycles. The van der Waals surface area contributed by atoms with E-state index >= 15 is 0 Å². The number of guanidine groups is 1. The van der Waals surface area contributed by atoms with Gasteiger partial charge in [0.15, 0.2) is 5.96 Å². The minimum atomic E-state index is -0.417. The molecule has 1 aliphatic rings. The highest BCUT2D eigenvalue weighted by Gasteiger charge is 2.43. The molecule has 5 heteroatoms. The number of nitrogens with one attached hydrogen (secondary N) is 2. The van der Waals surface area contributed by atoms with Crippen LogP contribution in [0.3, 0.4) is 0 Å². The summed E-state index contributed by atoms with van der Waals surface area (Å²) in [4.78, 5) is 16.0. The highest BCUT2D eigenvalue weighted by molar-refractivity contribution is 5.92. The van der Waals surface area contributed by atoms with Gasteiger partial charge in [-0.2, -0.15) is 0 Å². The lowest BCUT2D eigenvalue weighted by Gasteiger charge is -2.19. The molecule has 1 amide bonds. The summed E-state index contributed by atoms with van der Waals surface area (Å²) >= 11 is 0. The van der Waals surface area contributed by atoms with E-state index in [0.717, 1.165) is 24.6 Å². The van der Waals surface area contributed by atoms with Crippen molar-refractivity contribution in [3.05, 3.63) is 71.3 Å². The SMILES string of the molecule is CCNC(=NCc1cccc(C(N)=O)c1)NCC1(c2ccccc2)CC1. The van der Waals surface area contributed by atoms with Gasteiger partial charge in [0.25, 0.3) is 0 Å². The lowest BCUT2D eigenvalue weighted by molar-refractivity contribution is 0.1000. The van der Waals surface area contributed by atoms with Gasteiger partial charge in [0.1, 0.15) is 0 Å². The number of primary amides is 1. The number of amides is 1. The average molecular weight is 350 g/mol. The Bertz CT molecular complexity index is 782. The summed E-state index contributed by atoms with van der Waals surface area (Å²) in [6, 6.07) is 17.9. The van der Waals surface area contributed by atoms with Crippen LogP contribution in [0, 0.1) is 0 Å². The van der Waals surface area contributed by atoms with Gasteiger partial charge in [-0.05, 0) is 43.0 Å². The van der Waals surface area contributed by atoms with Crippen LogP contribution in [0.2, 0.25) is 0 Å². The fourth-order valence-corrected chi connectivity index (χ4v) is 3.10. The van der Waals surface area contributed by atoms with Crippen molar-refractivity contribution < 1.29 is 4.79 Å². The number of nitrogens with zero attached hydrogens (tertiary/aromatic N) is 1. The summed E-state index contributed by atoms with van der Waals surface area (Å²) in [6.07, 6.45) is 2.40. The van der Waals surface area contributed by atoms with E-state index < -0.39 is 5.91 Å². The predicted molar refractivity (Wildman–Crippen MR) is 105 cm³/mol. The molecule has 2 aromatic rings. The molecule has 0 bridgehead atoms. The van der Waals surface area contributed by atoms with E-state index in [-0.39, 0.29) is 5.41 Å². The van der Waals surface area contributed by atoms with E-state index in [0.29, 0.717) is 12.1 Å². The summed E-state index contributed by atoms with van der Waals surface area (Å²) in [6.45, 7) is 4.21. The third kappa shape index (κ3) is 4.42. The van der Waals surface area contributed by atoms with Crippen LogP contribution in [0.5, 0.6) is 0 Å². The summed E-state index contributed by atoms with van der Waals surface area (Å²) in [5.74, 6) is 0.374. The Morgan fingerprint density at radius 1 is 1.12 bits per heavy atom. The van der Waals surface area contributed by atoms with Crippen molar-refractivity contribution in [1.82, 2.24) is 10.6 Å². The zero-order chi connectivity index (χ0) is 18.4. The number of rotatable bonds is 7. The van der Waals surface area contributed by atoms with E-state index in [2.05, 4.69) is 52.9 Å². The third-order valence-corrected chi connectivity index (χ3v) is 4.81. The van der Waals surface area contributed by atoms with E-state index in [1.807, 2.05) is 12.1 Å². The van der Waals surface area contributed by atoms with Gasteiger partial charge in [0.05, 0.1) is 6.54 Å². The summed E-state index contributed by atoms with van der Waals surface area (Å²) in [7, 11) is 0. The summed E-state index contributed by atoms with van der Waals surface area (Å²) in [5.41, 5.74) is 8.43. The van der Waals surface area contributed by atoms with Crippen LogP contribution in [-0.4, -0.2) is 25.0 Å². The van der Waals surface area contributed by atoms with E-state index in [1.54, 1.807) is 12.1 Å². The first-order valence-corrected chi connectivity index (χ1v) is 9.09. The Morgan fingerprint density at radius 3 is 2.54 bits per heavy atom. The molecule has 0 aliphatic heterocycles. The average Bonchev–Trinajstić information content (AvgIpc) is 3.46. The first kappa shape index (κ1) is 18.0. The normalized spacial score (nSPS) is 15.3. The Labute approximate surface area is 154 Å². The van der Waals surface area contributed by atoms with E-state index in [1.165, 1.54) is 18.4 Å². The number of carbonyl (C=O) groups is 1. The molecular formula is C21H26N4O. The lowest BCUT2D eigenvalue weighted by Crippen LogP contribution is -2.41. The Balaban J connectivity index is 1.65. The second-order valence-corrected chi connectivity index (χ2v) is 6.76. The van der Waals surface area contributed by atoms with Gasteiger partial charge in [0, 0.05) is 24.1 Å². The third-order valence-electron chi connectivity index (χ3n) is 4.81. The van der Waals surface area contributed by atoms with Crippen molar-refractivity contribution in [3.63, 3.8) is 0 Å². The molecule has 26 heavy (non-hydrogen) atoms. The van der Waals surface area contributed by atoms with Crippen molar-refractivity contribution in [2.75, 3.05) is 13.1 Å². The monoisotopic (exact) mass is 350 g/mol. The van der Waals surface area contributed by atoms with Crippen molar-refractivity contribution >= 4 is 11.9 Å². The van der Waals surface area contributed by atoms with E-state index in [9.17, 15) is 4.79 Å². The summed E-state index contributed by atoms with van der Waals surface area (Å²) < 4.78 is 0. The van der Waals surface area contributed by atoms with Gasteiger partial charge in [0.2, 0.25) is 5.91 Å². The maximum atomic E-state index is 11.3. The number of hydrogen-bond donors (Lipinski definition) is 3. The molecule has 1 saturated carbocycles. The van der Waals surface area contributed by atoms with Crippen molar-refractivity contribution in [2.45, 2.75) is 31.7 Å². The maximum absolute atomic E-state index is 11.3. The second kappa shape index (κ2) is 8.04. The quantitative estimate of drug-likeness (QED) is 0.530. The first-order valence-electron chi connectivity index (χ1n) is 9.09. The molecule has 4 N–H and O–H groups in total. The topological polar surface area (TPSA) is 79.5 Å². The van der Waals surface area contributed by atoms with Gasteiger partial charge in [-0.1, -0.05) is 42.5 Å². The Kier molecular flexibility index (Phi) is 5.56. The van der Waals surface area contributed by atoms with Crippen molar-refractivity contribution in [2.24, 2.45) is 10.7 Å². The lowest BCUT2D eigenvalue weighted by atomic mass is 9.96. The molecular weight excluding hydrogens is 324 g/mol. The van der Waals surface area contributed by atoms with Crippen LogP contribution >= 0.6 is 0 Å². The van der Waals surface area contributed by atoms with Gasteiger partial charge >= 0.3 is 0 Å². The highest BCUT2D eigenvalue weighted by Crippen LogP contribution is 2.47. The molecule has 3 rings (SSSR count). The number of benzene rings is 2. The Morgan fingerprint density at radius 2 is 1.88 bits per heavy atom. The van der Waals surface area contributed by atoms with Crippen LogP contribution in [0.15, 0.2) is 59.6 Å². The predicted octanol–water partition coefficient (Wildman–Crippen LogP) is 2.57. The second-order valence-electron chi connectivity index (χ2n) is 6.76. The zero-order valence-corrected chi connectivity index (χ0v) is 15.2. The smallest absolute Gasteiger partial charge is 0.248 e. The van der Waals surface area contributed by atoms with Crippen molar-refractivity contribution in [1.29, 1.82) is 0 Å². The fraction of sp³-hybridized carbons (Fsp3) is 0.333. The highest BCUT2D eigenvalue weighted by atomic mass is 16.1. The molecule has 0 spiro atoms. The Hall–Kier alpha value is -2.82. The van der Waals surface area contributed by atoms with E-state index in [4.69, 9.17) is 5.73 Å². The number of hydrogen-bond acceptors (Lipinski definition) is 2. The molecule has 1 fully saturated rings. The summed E-state index contributed by atoms with van der Waals surface area (Å²) in [5, 5.41) is 6.77. The molecule has 5 nitrogen and oxygen atoms in total. The molecule has 0 saturated heterocycles. The molecule has 0 unspecified atom stereocenters. The number of nitrogens with two attached hydrogens (primary N) is 1. The minimum Gasteiger partial charge on any atom is -0.366 e.